The molecule has 6 heteroatoms. The average Bonchev–Trinajstić information content (AvgIpc) is 0.811. The zero-order valence-corrected chi connectivity index (χ0v) is 5.41. The maximum atomic E-state index is 10.1. The van der Waals surface area contributed by atoms with Crippen LogP contribution in [-0.4, -0.2) is 14.1 Å². The van der Waals surface area contributed by atoms with Gasteiger partial charge in [-0.15, -0.1) is 0 Å². The Morgan fingerprint density at radius 2 is 1.67 bits per heavy atom. The Morgan fingerprint density at radius 3 is 1.67 bits per heavy atom. The molecule has 0 unspecified atom stereocenters. The third-order valence-electron chi connectivity index (χ3n) is 0. The smallest absolute Gasteiger partial charge is 0.517 e. The van der Waals surface area contributed by atoms with E-state index in [2.05, 4.69) is 0 Å². The van der Waals surface area contributed by atoms with E-state index in [1.807, 2.05) is 0 Å². The van der Waals surface area contributed by atoms with Crippen LogP contribution >= 0.6 is 0 Å². The monoisotopic (exact) mass is 197 g/mol. The molecular weight excluding hydrogens is 197 g/mol. The summed E-state index contributed by atoms with van der Waals surface area (Å²) < 4.78 is 18.6. The van der Waals surface area contributed by atoms with Crippen molar-refractivity contribution < 1.29 is 46.6 Å². The standard InChI is InChI=1S/Co.FHO2Si.Ni/c;1-4(2)3;/h;2H;. The van der Waals surface area contributed by atoms with Gasteiger partial charge in [-0.2, -0.15) is 4.11 Å². The normalized spacial score (nSPS) is 4.17. The van der Waals surface area contributed by atoms with Gasteiger partial charge in [-0.3, -0.25) is 4.46 Å². The second kappa shape index (κ2) is 9.22. The predicted molar refractivity (Wildman–Crippen MR) is 9.77 cm³/mol. The number of halogens is 1. The average molecular weight is 198 g/mol. The molecule has 0 aromatic heterocycles. The minimum absolute atomic E-state index is 0. The first-order valence-corrected chi connectivity index (χ1v) is 1.85. The van der Waals surface area contributed by atoms with Gasteiger partial charge in [0.1, 0.15) is 0 Å². The molecule has 0 fully saturated rings. The Morgan fingerprint density at radius 1 is 1.67 bits per heavy atom. The molecule has 0 saturated carbocycles. The second-order valence-electron chi connectivity index (χ2n) is 0.253. The Labute approximate surface area is 56.2 Å². The molecular formula is HCoFNiO2Si. The topological polar surface area (TPSA) is 37.3 Å². The minimum Gasteiger partial charge on any atom is -0.517 e. The van der Waals surface area contributed by atoms with Crippen LogP contribution in [0.5, 0.6) is 0 Å². The molecule has 0 bridgehead atoms. The number of rotatable bonds is 0. The first kappa shape index (κ1) is 15.9. The van der Waals surface area contributed by atoms with Gasteiger partial charge >= 0.3 is 9.26 Å². The molecule has 1 radical (unpaired) electrons. The Bertz CT molecular complexity index is 36.5. The second-order valence-corrected chi connectivity index (χ2v) is 0.759. The summed E-state index contributed by atoms with van der Waals surface area (Å²) in [6.07, 6.45) is 0. The molecule has 0 aliphatic rings. The molecule has 0 spiro atoms. The van der Waals surface area contributed by atoms with Gasteiger partial charge in [0.15, 0.2) is 0 Å². The van der Waals surface area contributed by atoms with Crippen LogP contribution in [0.25, 0.3) is 0 Å². The van der Waals surface area contributed by atoms with Crippen LogP contribution in [0.4, 0.5) is 4.11 Å². The molecule has 0 saturated heterocycles. The summed E-state index contributed by atoms with van der Waals surface area (Å²) in [7, 11) is -3.63. The maximum Gasteiger partial charge on any atom is 0.734 e. The summed E-state index contributed by atoms with van der Waals surface area (Å²) in [4.78, 5) is 6.94. The summed E-state index contributed by atoms with van der Waals surface area (Å²) in [6.45, 7) is 0. The van der Waals surface area contributed by atoms with E-state index >= 15 is 0 Å². The summed E-state index contributed by atoms with van der Waals surface area (Å²) >= 11 is 0. The first-order valence-electron chi connectivity index (χ1n) is 0.617. The van der Waals surface area contributed by atoms with E-state index in [0.717, 1.165) is 0 Å². The molecule has 2 nitrogen and oxygen atoms in total. The summed E-state index contributed by atoms with van der Waals surface area (Å²) in [6, 6.07) is 0. The van der Waals surface area contributed by atoms with Gasteiger partial charge in [-0.1, -0.05) is 0 Å². The SMILES string of the molecule is O=[Si](O)F.[Co].[Ni]. The van der Waals surface area contributed by atoms with E-state index in [-0.39, 0.29) is 33.3 Å². The molecule has 0 aliphatic heterocycles. The first-order chi connectivity index (χ1) is 1.73. The van der Waals surface area contributed by atoms with Gasteiger partial charge in [-0.25, -0.2) is 0 Å². The van der Waals surface area contributed by atoms with Gasteiger partial charge in [0.2, 0.25) is 0 Å². The van der Waals surface area contributed by atoms with Crippen LogP contribution in [0.3, 0.4) is 0 Å². The van der Waals surface area contributed by atoms with Crippen LogP contribution in [0, 0.1) is 0 Å². The zero-order valence-electron chi connectivity index (χ0n) is 2.38. The van der Waals surface area contributed by atoms with Crippen molar-refractivity contribution in [2.75, 3.05) is 0 Å². The number of hydrogen-bond donors (Lipinski definition) is 1. The van der Waals surface area contributed by atoms with Crippen LogP contribution in [0.1, 0.15) is 0 Å². The van der Waals surface area contributed by atoms with Gasteiger partial charge < -0.3 is 4.80 Å². The van der Waals surface area contributed by atoms with E-state index in [1.54, 1.807) is 0 Å². The molecule has 0 aromatic rings. The largest absolute Gasteiger partial charge is 0.734 e. The molecule has 0 heterocycles. The fraction of sp³-hybridized carbons (Fsp3) is 0. The molecule has 43 valence electrons. The molecule has 6 heavy (non-hydrogen) atoms. The molecule has 0 amide bonds. The maximum absolute atomic E-state index is 10.1. The Kier molecular flexibility index (Phi) is 24.4. The quantitative estimate of drug-likeness (QED) is 0.415. The van der Waals surface area contributed by atoms with Crippen LogP contribution < -0.4 is 0 Å². The van der Waals surface area contributed by atoms with Crippen molar-refractivity contribution in [1.82, 2.24) is 0 Å². The van der Waals surface area contributed by atoms with Crippen LogP contribution in [0.2, 0.25) is 0 Å². The number of hydrogen-bond acceptors (Lipinski definition) is 1. The third kappa shape index (κ3) is 119. The van der Waals surface area contributed by atoms with Crippen molar-refractivity contribution in [2.24, 2.45) is 0 Å². The summed E-state index contributed by atoms with van der Waals surface area (Å²) in [5, 5.41) is 0. The molecule has 0 rings (SSSR count). The summed E-state index contributed by atoms with van der Waals surface area (Å²) in [5.41, 5.74) is 0. The Balaban J connectivity index is -0.0000000450. The van der Waals surface area contributed by atoms with Crippen molar-refractivity contribution in [3.8, 4) is 0 Å². The fourth-order valence-corrected chi connectivity index (χ4v) is 0. The molecule has 1 N–H and O–H groups in total. The van der Waals surface area contributed by atoms with Gasteiger partial charge in [0, 0.05) is 33.3 Å². The van der Waals surface area contributed by atoms with E-state index in [0.29, 0.717) is 0 Å². The van der Waals surface area contributed by atoms with Crippen molar-refractivity contribution in [1.29, 1.82) is 0 Å². The van der Waals surface area contributed by atoms with Gasteiger partial charge in [-0.05, 0) is 0 Å². The van der Waals surface area contributed by atoms with Crippen molar-refractivity contribution in [3.63, 3.8) is 0 Å². The predicted octanol–water partition coefficient (Wildman–Crippen LogP) is -0.641. The van der Waals surface area contributed by atoms with Crippen molar-refractivity contribution in [2.45, 2.75) is 0 Å². The van der Waals surface area contributed by atoms with Crippen molar-refractivity contribution in [3.05, 3.63) is 0 Å². The molecule has 0 atom stereocenters. The van der Waals surface area contributed by atoms with Gasteiger partial charge in [0.25, 0.3) is 0 Å². The van der Waals surface area contributed by atoms with E-state index in [1.165, 1.54) is 0 Å². The third-order valence-corrected chi connectivity index (χ3v) is 0. The summed E-state index contributed by atoms with van der Waals surface area (Å²) in [5.74, 6) is 0. The van der Waals surface area contributed by atoms with Crippen LogP contribution in [0.15, 0.2) is 0 Å². The van der Waals surface area contributed by atoms with E-state index in [9.17, 15) is 4.11 Å². The molecule has 0 aliphatic carbocycles. The molecule has 0 aromatic carbocycles. The zero-order chi connectivity index (χ0) is 3.58. The fourth-order valence-electron chi connectivity index (χ4n) is 0. The minimum atomic E-state index is -3.63. The van der Waals surface area contributed by atoms with Crippen LogP contribution in [-0.2, 0) is 37.7 Å². The van der Waals surface area contributed by atoms with E-state index in [4.69, 9.17) is 9.26 Å². The Hall–Kier alpha value is 0.747. The van der Waals surface area contributed by atoms with Crippen molar-refractivity contribution >= 4 is 9.26 Å². The van der Waals surface area contributed by atoms with E-state index < -0.39 is 9.26 Å². The van der Waals surface area contributed by atoms with Gasteiger partial charge in [0.05, 0.1) is 0 Å².